The van der Waals surface area contributed by atoms with Gasteiger partial charge in [0.1, 0.15) is 11.2 Å². The lowest BCUT2D eigenvalue weighted by Gasteiger charge is -2.08. The molecule has 0 saturated heterocycles. The van der Waals surface area contributed by atoms with Gasteiger partial charge in [-0.15, -0.1) is 10.2 Å². The fraction of sp³-hybridized carbons (Fsp3) is 0.267. The lowest BCUT2D eigenvalue weighted by Crippen LogP contribution is -2.13. The van der Waals surface area contributed by atoms with E-state index in [-0.39, 0.29) is 4.90 Å². The summed E-state index contributed by atoms with van der Waals surface area (Å²) in [5, 5.41) is 12.1. The molecule has 0 aliphatic heterocycles. The van der Waals surface area contributed by atoms with E-state index in [1.54, 1.807) is 40.7 Å². The Bertz CT molecular complexity index is 974. The SMILES string of the molecule is CCn1cc(S(=O)(=O)Nc2cccc(-c3nncn3C)c2)c(C)n1. The minimum Gasteiger partial charge on any atom is -0.317 e. The summed E-state index contributed by atoms with van der Waals surface area (Å²) in [4.78, 5) is 0.174. The van der Waals surface area contributed by atoms with Crippen LogP contribution in [0.3, 0.4) is 0 Å². The van der Waals surface area contributed by atoms with Crippen molar-refractivity contribution in [3.8, 4) is 11.4 Å². The van der Waals surface area contributed by atoms with E-state index in [1.807, 2.05) is 20.0 Å². The van der Waals surface area contributed by atoms with E-state index < -0.39 is 10.0 Å². The molecule has 3 rings (SSSR count). The van der Waals surface area contributed by atoms with Gasteiger partial charge in [0.2, 0.25) is 0 Å². The Morgan fingerprint density at radius 3 is 2.71 bits per heavy atom. The summed E-state index contributed by atoms with van der Waals surface area (Å²) in [6.07, 6.45) is 3.12. The molecule has 2 aromatic heterocycles. The van der Waals surface area contributed by atoms with Gasteiger partial charge < -0.3 is 4.57 Å². The van der Waals surface area contributed by atoms with E-state index >= 15 is 0 Å². The third-order valence-electron chi connectivity index (χ3n) is 3.60. The van der Waals surface area contributed by atoms with Gasteiger partial charge in [-0.25, -0.2) is 8.42 Å². The summed E-state index contributed by atoms with van der Waals surface area (Å²) in [6, 6.07) is 7.03. The number of rotatable bonds is 5. The molecule has 24 heavy (non-hydrogen) atoms. The first-order chi connectivity index (χ1) is 11.4. The molecule has 1 N–H and O–H groups in total. The quantitative estimate of drug-likeness (QED) is 0.760. The smallest absolute Gasteiger partial charge is 0.265 e. The highest BCUT2D eigenvalue weighted by molar-refractivity contribution is 7.92. The van der Waals surface area contributed by atoms with Crippen LogP contribution < -0.4 is 4.72 Å². The van der Waals surface area contributed by atoms with E-state index in [1.165, 1.54) is 6.20 Å². The van der Waals surface area contributed by atoms with Crippen molar-refractivity contribution >= 4 is 15.7 Å². The molecule has 0 unspecified atom stereocenters. The maximum absolute atomic E-state index is 12.6. The topological polar surface area (TPSA) is 94.7 Å². The van der Waals surface area contributed by atoms with Crippen LogP contribution in [0.25, 0.3) is 11.4 Å². The Hall–Kier alpha value is -2.68. The van der Waals surface area contributed by atoms with Gasteiger partial charge in [-0.2, -0.15) is 5.10 Å². The van der Waals surface area contributed by atoms with Gasteiger partial charge in [0.05, 0.1) is 5.69 Å². The molecule has 0 bridgehead atoms. The monoisotopic (exact) mass is 346 g/mol. The molecule has 0 saturated carbocycles. The van der Waals surface area contributed by atoms with Crippen molar-refractivity contribution in [3.05, 3.63) is 42.5 Å². The summed E-state index contributed by atoms with van der Waals surface area (Å²) in [5.41, 5.74) is 1.70. The molecule has 0 aliphatic carbocycles. The molecule has 126 valence electrons. The van der Waals surface area contributed by atoms with Crippen molar-refractivity contribution in [2.75, 3.05) is 4.72 Å². The van der Waals surface area contributed by atoms with Crippen LogP contribution in [-0.4, -0.2) is 33.0 Å². The molecule has 8 nitrogen and oxygen atoms in total. The summed E-state index contributed by atoms with van der Waals surface area (Å²) >= 11 is 0. The third kappa shape index (κ3) is 3.02. The highest BCUT2D eigenvalue weighted by Gasteiger charge is 2.20. The molecular formula is C15H18N6O2S. The number of nitrogens with one attached hydrogen (secondary N) is 1. The molecule has 0 fully saturated rings. The number of aromatic nitrogens is 5. The predicted molar refractivity (Wildman–Crippen MR) is 89.9 cm³/mol. The maximum atomic E-state index is 12.6. The summed E-state index contributed by atoms with van der Waals surface area (Å²) in [6.45, 7) is 4.19. The first-order valence-electron chi connectivity index (χ1n) is 7.42. The number of sulfonamides is 1. The Morgan fingerprint density at radius 1 is 1.29 bits per heavy atom. The second-order valence-corrected chi connectivity index (χ2v) is 7.04. The normalized spacial score (nSPS) is 11.6. The van der Waals surface area contributed by atoms with Crippen molar-refractivity contribution in [1.82, 2.24) is 24.5 Å². The fourth-order valence-corrected chi connectivity index (χ4v) is 3.64. The van der Waals surface area contributed by atoms with E-state index in [0.717, 1.165) is 5.56 Å². The zero-order chi connectivity index (χ0) is 17.3. The van der Waals surface area contributed by atoms with E-state index in [4.69, 9.17) is 0 Å². The molecule has 0 amide bonds. The van der Waals surface area contributed by atoms with Crippen molar-refractivity contribution in [2.45, 2.75) is 25.3 Å². The first kappa shape index (κ1) is 16.2. The minimum atomic E-state index is -3.71. The first-order valence-corrected chi connectivity index (χ1v) is 8.90. The molecular weight excluding hydrogens is 328 g/mol. The largest absolute Gasteiger partial charge is 0.317 e. The van der Waals surface area contributed by atoms with Crippen molar-refractivity contribution in [3.63, 3.8) is 0 Å². The average Bonchev–Trinajstić information content (AvgIpc) is 3.13. The second-order valence-electron chi connectivity index (χ2n) is 5.39. The maximum Gasteiger partial charge on any atom is 0.265 e. The van der Waals surface area contributed by atoms with Gasteiger partial charge >= 0.3 is 0 Å². The number of hydrogen-bond acceptors (Lipinski definition) is 5. The molecule has 9 heteroatoms. The van der Waals surface area contributed by atoms with Gasteiger partial charge in [0.15, 0.2) is 5.82 Å². The standard InChI is InChI=1S/C15H18N6O2S/c1-4-21-9-14(11(2)18-21)24(22,23)19-13-7-5-6-12(8-13)15-17-16-10-20(15)3/h5-10,19H,4H2,1-3H3. The van der Waals surface area contributed by atoms with Crippen LogP contribution in [0.15, 0.2) is 41.7 Å². The number of benzene rings is 1. The highest BCUT2D eigenvalue weighted by atomic mass is 32.2. The van der Waals surface area contributed by atoms with Gasteiger partial charge in [0, 0.05) is 31.0 Å². The van der Waals surface area contributed by atoms with Crippen LogP contribution in [0.2, 0.25) is 0 Å². The van der Waals surface area contributed by atoms with Crippen LogP contribution in [-0.2, 0) is 23.6 Å². The molecule has 0 radical (unpaired) electrons. The summed E-state index contributed by atoms with van der Waals surface area (Å²) in [7, 11) is -1.88. The van der Waals surface area contributed by atoms with Crippen LogP contribution in [0, 0.1) is 6.92 Å². The Kier molecular flexibility index (Phi) is 4.10. The molecule has 0 aliphatic rings. The molecule has 0 spiro atoms. The number of hydrogen-bond donors (Lipinski definition) is 1. The van der Waals surface area contributed by atoms with E-state index in [2.05, 4.69) is 20.0 Å². The van der Waals surface area contributed by atoms with E-state index in [9.17, 15) is 8.42 Å². The number of aryl methyl sites for hydroxylation is 3. The van der Waals surface area contributed by atoms with Crippen molar-refractivity contribution in [2.24, 2.45) is 7.05 Å². The Labute approximate surface area is 140 Å². The van der Waals surface area contributed by atoms with Crippen molar-refractivity contribution < 1.29 is 8.42 Å². The van der Waals surface area contributed by atoms with Gasteiger partial charge in [-0.3, -0.25) is 9.40 Å². The molecule has 2 heterocycles. The average molecular weight is 346 g/mol. The summed E-state index contributed by atoms with van der Waals surface area (Å²) in [5.74, 6) is 0.658. The fourth-order valence-electron chi connectivity index (χ4n) is 2.40. The molecule has 0 atom stereocenters. The summed E-state index contributed by atoms with van der Waals surface area (Å²) < 4.78 is 31.2. The molecule has 3 aromatic rings. The van der Waals surface area contributed by atoms with Crippen LogP contribution >= 0.6 is 0 Å². The van der Waals surface area contributed by atoms with Crippen LogP contribution in [0.5, 0.6) is 0 Å². The van der Waals surface area contributed by atoms with Crippen LogP contribution in [0.1, 0.15) is 12.6 Å². The lowest BCUT2D eigenvalue weighted by molar-refractivity contribution is 0.600. The van der Waals surface area contributed by atoms with Crippen molar-refractivity contribution in [1.29, 1.82) is 0 Å². The Morgan fingerprint density at radius 2 is 2.08 bits per heavy atom. The third-order valence-corrected chi connectivity index (χ3v) is 5.08. The Balaban J connectivity index is 1.93. The zero-order valence-electron chi connectivity index (χ0n) is 13.6. The van der Waals surface area contributed by atoms with Gasteiger partial charge in [0.25, 0.3) is 10.0 Å². The minimum absolute atomic E-state index is 0.174. The zero-order valence-corrected chi connectivity index (χ0v) is 14.4. The number of nitrogens with zero attached hydrogens (tertiary/aromatic N) is 5. The van der Waals surface area contributed by atoms with E-state index in [0.29, 0.717) is 23.8 Å². The highest BCUT2D eigenvalue weighted by Crippen LogP contribution is 2.23. The van der Waals surface area contributed by atoms with Gasteiger partial charge in [-0.05, 0) is 26.0 Å². The lowest BCUT2D eigenvalue weighted by atomic mass is 10.2. The van der Waals surface area contributed by atoms with Gasteiger partial charge in [-0.1, -0.05) is 12.1 Å². The number of anilines is 1. The predicted octanol–water partition coefficient (Wildman–Crippen LogP) is 1.81. The van der Waals surface area contributed by atoms with Crippen LogP contribution in [0.4, 0.5) is 5.69 Å². The molecule has 1 aromatic carbocycles. The second kappa shape index (κ2) is 6.08.